The Hall–Kier alpha value is -2.82. The van der Waals surface area contributed by atoms with Gasteiger partial charge in [-0.3, -0.25) is 4.79 Å². The van der Waals surface area contributed by atoms with Gasteiger partial charge in [0.25, 0.3) is 5.91 Å². The molecule has 2 aromatic carbocycles. The van der Waals surface area contributed by atoms with E-state index >= 15 is 0 Å². The molecular formula is C19H21NO4. The van der Waals surface area contributed by atoms with Gasteiger partial charge in [-0.05, 0) is 50.1 Å². The molecule has 0 aliphatic carbocycles. The summed E-state index contributed by atoms with van der Waals surface area (Å²) in [4.78, 5) is 23.8. The van der Waals surface area contributed by atoms with Crippen molar-refractivity contribution in [2.24, 2.45) is 0 Å². The van der Waals surface area contributed by atoms with E-state index in [1.165, 1.54) is 6.92 Å². The van der Waals surface area contributed by atoms with Crippen LogP contribution in [0.25, 0.3) is 0 Å². The average Bonchev–Trinajstić information content (AvgIpc) is 2.56. The molecule has 126 valence electrons. The highest BCUT2D eigenvalue weighted by Crippen LogP contribution is 2.19. The number of carbonyl (C=O) groups excluding carboxylic acids is 2. The highest BCUT2D eigenvalue weighted by atomic mass is 16.6. The SMILES string of the molecule is Cc1ccc(C)c(OCC(=O)O[C@H](C)C(=O)Nc2ccccc2)c1. The fourth-order valence-corrected chi connectivity index (χ4v) is 2.05. The van der Waals surface area contributed by atoms with Gasteiger partial charge in [-0.25, -0.2) is 4.79 Å². The number of amides is 1. The number of hydrogen-bond donors (Lipinski definition) is 1. The summed E-state index contributed by atoms with van der Waals surface area (Å²) in [6, 6.07) is 14.7. The maximum Gasteiger partial charge on any atom is 0.344 e. The summed E-state index contributed by atoms with van der Waals surface area (Å²) in [5.41, 5.74) is 2.62. The lowest BCUT2D eigenvalue weighted by atomic mass is 10.1. The molecule has 0 radical (unpaired) electrons. The van der Waals surface area contributed by atoms with E-state index in [2.05, 4.69) is 5.32 Å². The van der Waals surface area contributed by atoms with Crippen LogP contribution in [-0.2, 0) is 14.3 Å². The molecular weight excluding hydrogens is 306 g/mol. The van der Waals surface area contributed by atoms with Crippen LogP contribution < -0.4 is 10.1 Å². The molecule has 24 heavy (non-hydrogen) atoms. The van der Waals surface area contributed by atoms with E-state index in [9.17, 15) is 9.59 Å². The minimum absolute atomic E-state index is 0.243. The molecule has 1 amide bonds. The minimum atomic E-state index is -0.903. The molecule has 0 aliphatic rings. The van der Waals surface area contributed by atoms with Crippen molar-refractivity contribution in [3.05, 3.63) is 59.7 Å². The maximum atomic E-state index is 12.0. The predicted molar refractivity (Wildman–Crippen MR) is 92.0 cm³/mol. The van der Waals surface area contributed by atoms with E-state index in [1.807, 2.05) is 50.2 Å². The molecule has 2 aromatic rings. The van der Waals surface area contributed by atoms with E-state index in [4.69, 9.17) is 9.47 Å². The number of anilines is 1. The quantitative estimate of drug-likeness (QED) is 0.827. The Morgan fingerprint density at radius 2 is 1.79 bits per heavy atom. The Morgan fingerprint density at radius 3 is 2.50 bits per heavy atom. The van der Waals surface area contributed by atoms with E-state index in [0.717, 1.165) is 11.1 Å². The first-order chi connectivity index (χ1) is 11.5. The molecule has 0 aromatic heterocycles. The van der Waals surface area contributed by atoms with Crippen LogP contribution in [0.15, 0.2) is 48.5 Å². The Bertz CT molecular complexity index is 713. The molecule has 5 heteroatoms. The van der Waals surface area contributed by atoms with Crippen LogP contribution in [0.5, 0.6) is 5.75 Å². The van der Waals surface area contributed by atoms with Crippen LogP contribution >= 0.6 is 0 Å². The molecule has 0 spiro atoms. The largest absolute Gasteiger partial charge is 0.482 e. The molecule has 0 saturated heterocycles. The topological polar surface area (TPSA) is 64.6 Å². The standard InChI is InChI=1S/C19H21NO4/c1-13-9-10-14(2)17(11-13)23-12-18(21)24-15(3)19(22)20-16-7-5-4-6-8-16/h4-11,15H,12H2,1-3H3,(H,20,22)/t15-/m1/s1. The summed E-state index contributed by atoms with van der Waals surface area (Å²) < 4.78 is 10.6. The molecule has 1 atom stereocenters. The smallest absolute Gasteiger partial charge is 0.344 e. The van der Waals surface area contributed by atoms with E-state index in [-0.39, 0.29) is 12.5 Å². The highest BCUT2D eigenvalue weighted by Gasteiger charge is 2.18. The van der Waals surface area contributed by atoms with Gasteiger partial charge in [-0.2, -0.15) is 0 Å². The number of hydrogen-bond acceptors (Lipinski definition) is 4. The van der Waals surface area contributed by atoms with Crippen molar-refractivity contribution in [2.75, 3.05) is 11.9 Å². The normalized spacial score (nSPS) is 11.5. The number of esters is 1. The number of rotatable bonds is 6. The van der Waals surface area contributed by atoms with E-state index in [1.54, 1.807) is 12.1 Å². The number of nitrogens with one attached hydrogen (secondary N) is 1. The van der Waals surface area contributed by atoms with Crippen molar-refractivity contribution in [2.45, 2.75) is 26.9 Å². The van der Waals surface area contributed by atoms with Gasteiger partial charge < -0.3 is 14.8 Å². The molecule has 5 nitrogen and oxygen atoms in total. The first-order valence-corrected chi connectivity index (χ1v) is 7.71. The van der Waals surface area contributed by atoms with Crippen molar-refractivity contribution in [3.8, 4) is 5.75 Å². The Morgan fingerprint density at radius 1 is 1.08 bits per heavy atom. The molecule has 2 rings (SSSR count). The van der Waals surface area contributed by atoms with Gasteiger partial charge in [-0.1, -0.05) is 30.3 Å². The summed E-state index contributed by atoms with van der Waals surface area (Å²) in [7, 11) is 0. The number of benzene rings is 2. The zero-order valence-corrected chi connectivity index (χ0v) is 14.0. The second-order valence-corrected chi connectivity index (χ2v) is 5.54. The van der Waals surface area contributed by atoms with Crippen molar-refractivity contribution >= 4 is 17.6 Å². The van der Waals surface area contributed by atoms with Crippen LogP contribution in [-0.4, -0.2) is 24.6 Å². The summed E-state index contributed by atoms with van der Waals surface area (Å²) in [5, 5.41) is 2.68. The fourth-order valence-electron chi connectivity index (χ4n) is 2.05. The van der Waals surface area contributed by atoms with Gasteiger partial charge in [0.1, 0.15) is 5.75 Å². The Labute approximate surface area is 141 Å². The van der Waals surface area contributed by atoms with Crippen LogP contribution in [0, 0.1) is 13.8 Å². The van der Waals surface area contributed by atoms with Crippen LogP contribution in [0.3, 0.4) is 0 Å². The minimum Gasteiger partial charge on any atom is -0.482 e. The summed E-state index contributed by atoms with van der Waals surface area (Å²) in [5.74, 6) is -0.346. The lowest BCUT2D eigenvalue weighted by Crippen LogP contribution is -2.31. The average molecular weight is 327 g/mol. The summed E-state index contributed by atoms with van der Waals surface area (Å²) in [6.07, 6.45) is -0.903. The molecule has 0 heterocycles. The van der Waals surface area contributed by atoms with Gasteiger partial charge in [-0.15, -0.1) is 0 Å². The van der Waals surface area contributed by atoms with Gasteiger partial charge in [0.15, 0.2) is 12.7 Å². The molecule has 1 N–H and O–H groups in total. The third-order valence-corrected chi connectivity index (χ3v) is 3.41. The number of carbonyl (C=O) groups is 2. The monoisotopic (exact) mass is 327 g/mol. The van der Waals surface area contributed by atoms with Crippen molar-refractivity contribution in [1.29, 1.82) is 0 Å². The summed E-state index contributed by atoms with van der Waals surface area (Å²) >= 11 is 0. The molecule has 0 saturated carbocycles. The number of ether oxygens (including phenoxy) is 2. The summed E-state index contributed by atoms with van der Waals surface area (Å²) in [6.45, 7) is 5.12. The lowest BCUT2D eigenvalue weighted by molar-refractivity contribution is -0.155. The predicted octanol–water partition coefficient (Wildman–Crippen LogP) is 3.25. The second kappa shape index (κ2) is 8.15. The van der Waals surface area contributed by atoms with Gasteiger partial charge in [0, 0.05) is 5.69 Å². The second-order valence-electron chi connectivity index (χ2n) is 5.54. The maximum absolute atomic E-state index is 12.0. The van der Waals surface area contributed by atoms with Gasteiger partial charge in [0.05, 0.1) is 0 Å². The third-order valence-electron chi connectivity index (χ3n) is 3.41. The lowest BCUT2D eigenvalue weighted by Gasteiger charge is -2.14. The van der Waals surface area contributed by atoms with Gasteiger partial charge in [0.2, 0.25) is 0 Å². The highest BCUT2D eigenvalue weighted by molar-refractivity contribution is 5.95. The van der Waals surface area contributed by atoms with Crippen molar-refractivity contribution in [3.63, 3.8) is 0 Å². The van der Waals surface area contributed by atoms with Gasteiger partial charge >= 0.3 is 5.97 Å². The first-order valence-electron chi connectivity index (χ1n) is 7.71. The Balaban J connectivity index is 1.83. The van der Waals surface area contributed by atoms with Crippen molar-refractivity contribution in [1.82, 2.24) is 0 Å². The number of para-hydroxylation sites is 1. The van der Waals surface area contributed by atoms with Crippen LogP contribution in [0.1, 0.15) is 18.1 Å². The zero-order chi connectivity index (χ0) is 17.5. The van der Waals surface area contributed by atoms with Crippen LogP contribution in [0.4, 0.5) is 5.69 Å². The van der Waals surface area contributed by atoms with E-state index in [0.29, 0.717) is 11.4 Å². The first kappa shape index (κ1) is 17.5. The number of aryl methyl sites for hydroxylation is 2. The zero-order valence-electron chi connectivity index (χ0n) is 14.0. The van der Waals surface area contributed by atoms with Crippen molar-refractivity contribution < 1.29 is 19.1 Å². The van der Waals surface area contributed by atoms with E-state index < -0.39 is 12.1 Å². The van der Waals surface area contributed by atoms with Crippen LogP contribution in [0.2, 0.25) is 0 Å². The third kappa shape index (κ3) is 5.12. The molecule has 0 bridgehead atoms. The molecule has 0 aliphatic heterocycles. The molecule has 0 unspecified atom stereocenters. The Kier molecular flexibility index (Phi) is 5.95. The fraction of sp³-hybridized carbons (Fsp3) is 0.263. The molecule has 0 fully saturated rings.